The van der Waals surface area contributed by atoms with Crippen molar-refractivity contribution in [3.63, 3.8) is 0 Å². The topological polar surface area (TPSA) is 78.5 Å². The Balaban J connectivity index is 1.62. The molecule has 0 atom stereocenters. The van der Waals surface area contributed by atoms with Crippen LogP contribution < -0.4 is 10.6 Å². The van der Waals surface area contributed by atoms with Crippen molar-refractivity contribution in [1.29, 1.82) is 0 Å². The lowest BCUT2D eigenvalue weighted by Crippen LogP contribution is -2.56. The molecule has 0 saturated carbocycles. The van der Waals surface area contributed by atoms with Gasteiger partial charge in [0.1, 0.15) is 11.4 Å². The highest BCUT2D eigenvalue weighted by Crippen LogP contribution is 2.26. The van der Waals surface area contributed by atoms with E-state index in [-0.39, 0.29) is 18.2 Å². The Hall–Kier alpha value is -2.44. The Bertz CT molecular complexity index is 639. The van der Waals surface area contributed by atoms with Crippen LogP contribution in [0.3, 0.4) is 0 Å². The van der Waals surface area contributed by atoms with E-state index in [2.05, 4.69) is 10.6 Å². The molecule has 0 bridgehead atoms. The molecule has 2 heterocycles. The van der Waals surface area contributed by atoms with Crippen LogP contribution in [-0.2, 0) is 16.0 Å². The third-order valence-corrected chi connectivity index (χ3v) is 4.28. The first-order chi connectivity index (χ1) is 10.5. The summed E-state index contributed by atoms with van der Waals surface area (Å²) in [5.41, 5.74) is -0.536. The minimum atomic E-state index is -0.897. The minimum absolute atomic E-state index is 0.00176. The normalized spacial score (nSPS) is 20.0. The number of nitrogens with one attached hydrogen (secondary N) is 2. The Kier molecular flexibility index (Phi) is 3.56. The summed E-state index contributed by atoms with van der Waals surface area (Å²) in [7, 11) is 0. The number of hydrogen-bond donors (Lipinski definition) is 2. The number of halogens is 1. The molecular weight excluding hydrogens is 289 g/mol. The molecule has 4 amide bonds. The number of benzene rings is 1. The van der Waals surface area contributed by atoms with Crippen molar-refractivity contribution in [2.24, 2.45) is 0 Å². The molecule has 2 aliphatic heterocycles. The summed E-state index contributed by atoms with van der Waals surface area (Å²) in [5, 5.41) is 4.87. The molecule has 3 rings (SSSR count). The summed E-state index contributed by atoms with van der Waals surface area (Å²) in [6, 6.07) is 5.69. The van der Waals surface area contributed by atoms with Gasteiger partial charge in [0.25, 0.3) is 5.91 Å². The van der Waals surface area contributed by atoms with Crippen molar-refractivity contribution >= 4 is 17.8 Å². The van der Waals surface area contributed by atoms with Crippen LogP contribution in [0.4, 0.5) is 9.18 Å². The smallest absolute Gasteiger partial charge is 0.322 e. The second kappa shape index (κ2) is 5.40. The number of piperidine rings is 1. The van der Waals surface area contributed by atoms with Gasteiger partial charge in [-0.25, -0.2) is 9.18 Å². The fraction of sp³-hybridized carbons (Fsp3) is 0.400. The largest absolute Gasteiger partial charge is 0.342 e. The lowest BCUT2D eigenvalue weighted by atomic mass is 9.87. The summed E-state index contributed by atoms with van der Waals surface area (Å²) < 4.78 is 13.6. The molecule has 2 N–H and O–H groups in total. The van der Waals surface area contributed by atoms with Gasteiger partial charge in [0, 0.05) is 13.1 Å². The average Bonchev–Trinajstić information content (AvgIpc) is 2.76. The van der Waals surface area contributed by atoms with Crippen LogP contribution in [0, 0.1) is 5.82 Å². The van der Waals surface area contributed by atoms with Gasteiger partial charge in [-0.15, -0.1) is 0 Å². The molecule has 0 aliphatic carbocycles. The fourth-order valence-electron chi connectivity index (χ4n) is 2.93. The first-order valence-corrected chi connectivity index (χ1v) is 7.15. The number of imide groups is 1. The van der Waals surface area contributed by atoms with Crippen molar-refractivity contribution in [1.82, 2.24) is 15.5 Å². The number of rotatable bonds is 2. The quantitative estimate of drug-likeness (QED) is 0.784. The maximum atomic E-state index is 13.6. The number of hydrogen-bond acceptors (Lipinski definition) is 3. The Morgan fingerprint density at radius 1 is 1.23 bits per heavy atom. The summed E-state index contributed by atoms with van der Waals surface area (Å²) >= 11 is 0. The molecule has 2 fully saturated rings. The molecular formula is C15H16FN3O3. The van der Waals surface area contributed by atoms with Gasteiger partial charge < -0.3 is 10.2 Å². The third kappa shape index (κ3) is 2.54. The number of likely N-dealkylation sites (tertiary alicyclic amines) is 1. The van der Waals surface area contributed by atoms with Gasteiger partial charge in [-0.2, -0.15) is 0 Å². The van der Waals surface area contributed by atoms with E-state index in [4.69, 9.17) is 0 Å². The molecule has 0 radical (unpaired) electrons. The van der Waals surface area contributed by atoms with Crippen molar-refractivity contribution in [2.45, 2.75) is 24.8 Å². The van der Waals surface area contributed by atoms with Crippen molar-refractivity contribution < 1.29 is 18.8 Å². The fourth-order valence-corrected chi connectivity index (χ4v) is 2.93. The zero-order chi connectivity index (χ0) is 15.7. The Labute approximate surface area is 126 Å². The highest BCUT2D eigenvalue weighted by atomic mass is 19.1. The summed E-state index contributed by atoms with van der Waals surface area (Å²) in [6.07, 6.45) is 0.736. The molecule has 0 unspecified atom stereocenters. The lowest BCUT2D eigenvalue weighted by molar-refractivity contribution is -0.135. The molecule has 7 heteroatoms. The van der Waals surface area contributed by atoms with Gasteiger partial charge in [-0.1, -0.05) is 18.2 Å². The average molecular weight is 305 g/mol. The van der Waals surface area contributed by atoms with Crippen LogP contribution in [0.25, 0.3) is 0 Å². The first kappa shape index (κ1) is 14.5. The van der Waals surface area contributed by atoms with E-state index in [1.807, 2.05) is 0 Å². The summed E-state index contributed by atoms with van der Waals surface area (Å²) in [4.78, 5) is 36.9. The van der Waals surface area contributed by atoms with Crippen LogP contribution in [0.5, 0.6) is 0 Å². The van der Waals surface area contributed by atoms with Gasteiger partial charge in [0.05, 0.1) is 6.42 Å². The van der Waals surface area contributed by atoms with Gasteiger partial charge in [-0.05, 0) is 24.5 Å². The van der Waals surface area contributed by atoms with E-state index in [0.717, 1.165) is 0 Å². The van der Waals surface area contributed by atoms with Gasteiger partial charge in [0.15, 0.2) is 0 Å². The molecule has 1 aromatic carbocycles. The molecule has 2 aliphatic rings. The minimum Gasteiger partial charge on any atom is -0.342 e. The van der Waals surface area contributed by atoms with Gasteiger partial charge in [-0.3, -0.25) is 14.9 Å². The van der Waals surface area contributed by atoms with Crippen LogP contribution in [0.15, 0.2) is 24.3 Å². The molecule has 2 saturated heterocycles. The number of nitrogens with zero attached hydrogens (tertiary/aromatic N) is 1. The molecule has 6 nitrogen and oxygen atoms in total. The van der Waals surface area contributed by atoms with Gasteiger partial charge in [0.2, 0.25) is 5.91 Å². The van der Waals surface area contributed by atoms with Crippen molar-refractivity contribution in [3.8, 4) is 0 Å². The number of urea groups is 1. The lowest BCUT2D eigenvalue weighted by Gasteiger charge is -2.37. The predicted octanol–water partition coefficient (Wildman–Crippen LogP) is 0.569. The number of carbonyl (C=O) groups is 3. The SMILES string of the molecule is O=C1NC(=O)C2(CCN(C(=O)Cc3ccccc3F)CC2)N1. The standard InChI is InChI=1S/C15H16FN3O3/c16-11-4-2-1-3-10(11)9-12(20)19-7-5-15(6-8-19)13(21)17-14(22)18-15/h1-4H,5-9H2,(H2,17,18,21,22). The molecule has 0 aromatic heterocycles. The van der Waals surface area contributed by atoms with Crippen LogP contribution in [0.1, 0.15) is 18.4 Å². The van der Waals surface area contributed by atoms with E-state index in [9.17, 15) is 18.8 Å². The Morgan fingerprint density at radius 2 is 1.91 bits per heavy atom. The number of amides is 4. The highest BCUT2D eigenvalue weighted by molar-refractivity contribution is 6.07. The molecule has 1 spiro atoms. The third-order valence-electron chi connectivity index (χ3n) is 4.28. The summed E-state index contributed by atoms with van der Waals surface area (Å²) in [5.74, 6) is -0.907. The zero-order valence-corrected chi connectivity index (χ0v) is 11.9. The highest BCUT2D eigenvalue weighted by Gasteiger charge is 2.48. The van der Waals surface area contributed by atoms with E-state index in [1.165, 1.54) is 6.07 Å². The van der Waals surface area contributed by atoms with Gasteiger partial charge >= 0.3 is 6.03 Å². The van der Waals surface area contributed by atoms with E-state index in [0.29, 0.717) is 31.5 Å². The van der Waals surface area contributed by atoms with Crippen molar-refractivity contribution in [2.75, 3.05) is 13.1 Å². The molecule has 1 aromatic rings. The van der Waals surface area contributed by atoms with E-state index >= 15 is 0 Å². The second-order valence-corrected chi connectivity index (χ2v) is 5.64. The summed E-state index contributed by atoms with van der Waals surface area (Å²) in [6.45, 7) is 0.724. The van der Waals surface area contributed by atoms with Crippen molar-refractivity contribution in [3.05, 3.63) is 35.6 Å². The first-order valence-electron chi connectivity index (χ1n) is 7.15. The molecule has 116 valence electrons. The molecule has 22 heavy (non-hydrogen) atoms. The van der Waals surface area contributed by atoms with Crippen LogP contribution >= 0.6 is 0 Å². The van der Waals surface area contributed by atoms with Crippen LogP contribution in [-0.4, -0.2) is 41.4 Å². The Morgan fingerprint density at radius 3 is 2.50 bits per heavy atom. The monoisotopic (exact) mass is 305 g/mol. The van der Waals surface area contributed by atoms with Crippen LogP contribution in [0.2, 0.25) is 0 Å². The maximum absolute atomic E-state index is 13.6. The van der Waals surface area contributed by atoms with E-state index < -0.39 is 17.4 Å². The maximum Gasteiger partial charge on any atom is 0.322 e. The predicted molar refractivity (Wildman–Crippen MR) is 75.3 cm³/mol. The second-order valence-electron chi connectivity index (χ2n) is 5.64. The van der Waals surface area contributed by atoms with E-state index in [1.54, 1.807) is 23.1 Å². The zero-order valence-electron chi connectivity index (χ0n) is 11.9. The number of carbonyl (C=O) groups excluding carboxylic acids is 3.